The Morgan fingerprint density at radius 3 is 3.00 bits per heavy atom. The van der Waals surface area contributed by atoms with Crippen LogP contribution in [0.3, 0.4) is 0 Å². The standard InChI is InChI=1S/C15H18BNO3/c1-19-14(18)7-17-9-15(4-5-15)13-6-12(16)3-2-11(13)8-20-10-17/h2-3,6H,4-5,7-10H2,1H3. The van der Waals surface area contributed by atoms with Crippen LogP contribution < -0.4 is 5.46 Å². The SMILES string of the molecule is [B]c1ccc2c(c1)C1(CC1)CN(CC(=O)OC)COC2. The van der Waals surface area contributed by atoms with Crippen molar-refractivity contribution in [2.75, 3.05) is 26.9 Å². The van der Waals surface area contributed by atoms with E-state index < -0.39 is 0 Å². The Bertz CT molecular complexity index is 528. The van der Waals surface area contributed by atoms with Gasteiger partial charge >= 0.3 is 5.97 Å². The number of fused-ring (bicyclic) bond motifs is 2. The molecule has 1 saturated carbocycles. The van der Waals surface area contributed by atoms with E-state index in [9.17, 15) is 4.79 Å². The van der Waals surface area contributed by atoms with E-state index in [0.29, 0.717) is 13.3 Å². The summed E-state index contributed by atoms with van der Waals surface area (Å²) in [6.45, 7) is 2.12. The highest BCUT2D eigenvalue weighted by Crippen LogP contribution is 2.50. The van der Waals surface area contributed by atoms with Crippen molar-refractivity contribution in [3.63, 3.8) is 0 Å². The van der Waals surface area contributed by atoms with E-state index in [-0.39, 0.29) is 17.9 Å². The fourth-order valence-corrected chi connectivity index (χ4v) is 2.98. The van der Waals surface area contributed by atoms with Gasteiger partial charge in [-0.1, -0.05) is 23.7 Å². The fourth-order valence-electron chi connectivity index (χ4n) is 2.98. The Hall–Kier alpha value is -1.33. The summed E-state index contributed by atoms with van der Waals surface area (Å²) >= 11 is 0. The van der Waals surface area contributed by atoms with Gasteiger partial charge in [0.2, 0.25) is 0 Å². The smallest absolute Gasteiger partial charge is 0.319 e. The fraction of sp³-hybridized carbons (Fsp3) is 0.533. The van der Waals surface area contributed by atoms with Gasteiger partial charge in [-0.2, -0.15) is 0 Å². The Balaban J connectivity index is 1.85. The Morgan fingerprint density at radius 2 is 2.30 bits per heavy atom. The molecule has 104 valence electrons. The zero-order valence-electron chi connectivity index (χ0n) is 11.7. The lowest BCUT2D eigenvalue weighted by atomic mass is 9.84. The third kappa shape index (κ3) is 2.60. The summed E-state index contributed by atoms with van der Waals surface area (Å²) in [7, 11) is 7.34. The van der Waals surface area contributed by atoms with Gasteiger partial charge < -0.3 is 9.47 Å². The van der Waals surface area contributed by atoms with E-state index in [1.165, 1.54) is 18.2 Å². The number of benzene rings is 1. The van der Waals surface area contributed by atoms with Crippen LogP contribution in [0.25, 0.3) is 0 Å². The number of hydrogen-bond acceptors (Lipinski definition) is 4. The summed E-state index contributed by atoms with van der Waals surface area (Å²) in [5.74, 6) is -0.224. The molecule has 0 aromatic heterocycles. The molecule has 2 aliphatic rings. The summed E-state index contributed by atoms with van der Waals surface area (Å²) in [6.07, 6.45) is 2.28. The predicted molar refractivity (Wildman–Crippen MR) is 76.0 cm³/mol. The molecule has 3 rings (SSSR count). The minimum Gasteiger partial charge on any atom is -0.468 e. The molecule has 1 aromatic carbocycles. The van der Waals surface area contributed by atoms with Crippen molar-refractivity contribution < 1.29 is 14.3 Å². The van der Waals surface area contributed by atoms with E-state index in [2.05, 4.69) is 12.1 Å². The molecule has 5 heteroatoms. The van der Waals surface area contributed by atoms with Crippen molar-refractivity contribution in [2.45, 2.75) is 24.9 Å². The number of ether oxygens (including phenoxy) is 2. The molecule has 4 nitrogen and oxygen atoms in total. The van der Waals surface area contributed by atoms with Crippen molar-refractivity contribution in [3.05, 3.63) is 29.3 Å². The third-order valence-electron chi connectivity index (χ3n) is 4.20. The van der Waals surface area contributed by atoms with Gasteiger partial charge in [0.15, 0.2) is 0 Å². The molecule has 1 fully saturated rings. The van der Waals surface area contributed by atoms with Crippen LogP contribution in [0.1, 0.15) is 24.0 Å². The van der Waals surface area contributed by atoms with Gasteiger partial charge in [0.05, 0.1) is 27.0 Å². The molecule has 0 unspecified atom stereocenters. The molecule has 1 aromatic rings. The van der Waals surface area contributed by atoms with E-state index in [4.69, 9.17) is 17.3 Å². The van der Waals surface area contributed by atoms with Gasteiger partial charge in [-0.05, 0) is 24.0 Å². The van der Waals surface area contributed by atoms with Crippen LogP contribution >= 0.6 is 0 Å². The molecule has 1 spiro atoms. The maximum atomic E-state index is 11.5. The highest BCUT2D eigenvalue weighted by Gasteiger charge is 2.47. The second-order valence-corrected chi connectivity index (χ2v) is 5.74. The van der Waals surface area contributed by atoms with E-state index in [1.807, 2.05) is 11.0 Å². The first kappa shape index (κ1) is 13.6. The minimum absolute atomic E-state index is 0.141. The average molecular weight is 271 g/mol. The second-order valence-electron chi connectivity index (χ2n) is 5.74. The molecular weight excluding hydrogens is 253 g/mol. The van der Waals surface area contributed by atoms with Crippen LogP contribution in [-0.4, -0.2) is 45.6 Å². The highest BCUT2D eigenvalue weighted by atomic mass is 16.5. The van der Waals surface area contributed by atoms with Gasteiger partial charge in [-0.15, -0.1) is 0 Å². The molecule has 2 radical (unpaired) electrons. The Labute approximate surface area is 120 Å². The van der Waals surface area contributed by atoms with E-state index in [1.54, 1.807) is 0 Å². The molecule has 0 amide bonds. The van der Waals surface area contributed by atoms with Gasteiger partial charge in [0, 0.05) is 12.0 Å². The highest BCUT2D eigenvalue weighted by molar-refractivity contribution is 6.32. The van der Waals surface area contributed by atoms with Crippen molar-refractivity contribution in [1.82, 2.24) is 4.90 Å². The number of rotatable bonds is 2. The number of methoxy groups -OCH3 is 1. The summed E-state index contributed by atoms with van der Waals surface area (Å²) in [5, 5.41) is 0. The van der Waals surface area contributed by atoms with Crippen LogP contribution in [0.4, 0.5) is 0 Å². The minimum atomic E-state index is -0.224. The topological polar surface area (TPSA) is 38.8 Å². The van der Waals surface area contributed by atoms with Crippen molar-refractivity contribution in [3.8, 4) is 0 Å². The molecular formula is C15H18BNO3. The first-order valence-corrected chi connectivity index (χ1v) is 6.89. The van der Waals surface area contributed by atoms with Gasteiger partial charge in [0.1, 0.15) is 7.85 Å². The number of esters is 1. The molecule has 20 heavy (non-hydrogen) atoms. The van der Waals surface area contributed by atoms with Crippen LogP contribution in [-0.2, 0) is 26.3 Å². The van der Waals surface area contributed by atoms with Crippen LogP contribution in [0.15, 0.2) is 18.2 Å². The van der Waals surface area contributed by atoms with Gasteiger partial charge in [-0.3, -0.25) is 9.69 Å². The Kier molecular flexibility index (Phi) is 3.56. The average Bonchev–Trinajstić information content (AvgIpc) is 3.19. The number of nitrogens with zero attached hydrogens (tertiary/aromatic N) is 1. The first-order chi connectivity index (χ1) is 9.63. The summed E-state index contributed by atoms with van der Waals surface area (Å²) < 4.78 is 10.4. The van der Waals surface area contributed by atoms with Crippen molar-refractivity contribution in [2.24, 2.45) is 0 Å². The van der Waals surface area contributed by atoms with Gasteiger partial charge in [0.25, 0.3) is 0 Å². The normalized spacial score (nSPS) is 20.9. The van der Waals surface area contributed by atoms with Crippen LogP contribution in [0.5, 0.6) is 0 Å². The quantitative estimate of drug-likeness (QED) is 0.579. The molecule has 1 heterocycles. The number of carbonyl (C=O) groups is 1. The lowest BCUT2D eigenvalue weighted by molar-refractivity contribution is -0.143. The van der Waals surface area contributed by atoms with E-state index >= 15 is 0 Å². The maximum Gasteiger partial charge on any atom is 0.319 e. The zero-order chi connectivity index (χ0) is 14.2. The molecule has 1 aliphatic heterocycles. The maximum absolute atomic E-state index is 11.5. The molecule has 1 aliphatic carbocycles. The second kappa shape index (κ2) is 5.22. The van der Waals surface area contributed by atoms with Crippen LogP contribution in [0.2, 0.25) is 0 Å². The molecule has 0 atom stereocenters. The Morgan fingerprint density at radius 1 is 1.50 bits per heavy atom. The third-order valence-corrected chi connectivity index (χ3v) is 4.20. The summed E-state index contributed by atoms with van der Waals surface area (Å²) in [6, 6.07) is 6.04. The predicted octanol–water partition coefficient (Wildman–Crippen LogP) is 0.475. The number of carbonyl (C=O) groups excluding carboxylic acids is 1. The largest absolute Gasteiger partial charge is 0.468 e. The summed E-state index contributed by atoms with van der Waals surface area (Å²) in [5.41, 5.74) is 3.43. The first-order valence-electron chi connectivity index (χ1n) is 6.89. The van der Waals surface area contributed by atoms with Crippen LogP contribution in [0, 0.1) is 0 Å². The monoisotopic (exact) mass is 271 g/mol. The van der Waals surface area contributed by atoms with E-state index in [0.717, 1.165) is 24.8 Å². The zero-order valence-corrected chi connectivity index (χ0v) is 11.7. The number of hydrogen-bond donors (Lipinski definition) is 0. The summed E-state index contributed by atoms with van der Waals surface area (Å²) in [4.78, 5) is 13.5. The van der Waals surface area contributed by atoms with Gasteiger partial charge in [-0.25, -0.2) is 0 Å². The lowest BCUT2D eigenvalue weighted by Gasteiger charge is -2.31. The lowest BCUT2D eigenvalue weighted by Crippen LogP contribution is -2.40. The van der Waals surface area contributed by atoms with Crippen molar-refractivity contribution in [1.29, 1.82) is 0 Å². The molecule has 0 bridgehead atoms. The van der Waals surface area contributed by atoms with Crippen molar-refractivity contribution >= 4 is 19.3 Å². The molecule has 0 saturated heterocycles. The molecule has 0 N–H and O–H groups in total.